The van der Waals surface area contributed by atoms with Crippen LogP contribution in [0.25, 0.3) is 0 Å². The standard InChI is InChI=1S/C17H28O5/c1-6-12-10-17(14(18)21-4,15(19)22-5)11-13(12)8-7-9-16(2,3)20/h7-8,12-13,20H,6,9-11H2,1-5H3/b8-7+/t12-,13-/m1/s1. The van der Waals surface area contributed by atoms with Gasteiger partial charge in [0.25, 0.3) is 0 Å². The van der Waals surface area contributed by atoms with Crippen molar-refractivity contribution in [2.75, 3.05) is 14.2 Å². The van der Waals surface area contributed by atoms with Crippen LogP contribution in [0.5, 0.6) is 0 Å². The Bertz CT molecular complexity index is 417. The maximum atomic E-state index is 12.2. The minimum absolute atomic E-state index is 0.102. The molecule has 0 amide bonds. The Balaban J connectivity index is 2.98. The van der Waals surface area contributed by atoms with E-state index in [0.717, 1.165) is 6.42 Å². The molecule has 0 saturated heterocycles. The summed E-state index contributed by atoms with van der Waals surface area (Å²) in [5, 5.41) is 9.77. The van der Waals surface area contributed by atoms with Crippen molar-refractivity contribution in [1.82, 2.24) is 0 Å². The molecule has 1 saturated carbocycles. The van der Waals surface area contributed by atoms with E-state index in [1.54, 1.807) is 13.8 Å². The highest BCUT2D eigenvalue weighted by molar-refractivity contribution is 6.00. The number of aliphatic hydroxyl groups is 1. The molecule has 0 bridgehead atoms. The van der Waals surface area contributed by atoms with Gasteiger partial charge in [-0.2, -0.15) is 0 Å². The van der Waals surface area contributed by atoms with Crippen molar-refractivity contribution in [1.29, 1.82) is 0 Å². The molecule has 1 rings (SSSR count). The maximum absolute atomic E-state index is 12.2. The lowest BCUT2D eigenvalue weighted by molar-refractivity contribution is -0.169. The lowest BCUT2D eigenvalue weighted by Gasteiger charge is -2.23. The lowest BCUT2D eigenvalue weighted by atomic mass is 9.84. The second kappa shape index (κ2) is 7.27. The first-order valence-electron chi connectivity index (χ1n) is 7.76. The number of hydrogen-bond acceptors (Lipinski definition) is 5. The predicted octanol–water partition coefficient (Wildman–Crippen LogP) is 2.47. The van der Waals surface area contributed by atoms with E-state index in [1.807, 2.05) is 19.1 Å². The monoisotopic (exact) mass is 312 g/mol. The number of hydrogen-bond donors (Lipinski definition) is 1. The normalized spacial score (nSPS) is 24.5. The van der Waals surface area contributed by atoms with Gasteiger partial charge in [0.1, 0.15) is 0 Å². The fourth-order valence-electron chi connectivity index (χ4n) is 3.26. The highest BCUT2D eigenvalue weighted by Gasteiger charge is 2.56. The van der Waals surface area contributed by atoms with Gasteiger partial charge in [-0.15, -0.1) is 0 Å². The smallest absolute Gasteiger partial charge is 0.323 e. The third-order valence-corrected chi connectivity index (χ3v) is 4.48. The number of carbonyl (C=O) groups excluding carboxylic acids is 2. The van der Waals surface area contributed by atoms with Gasteiger partial charge in [0.05, 0.1) is 19.8 Å². The first-order valence-corrected chi connectivity index (χ1v) is 7.76. The van der Waals surface area contributed by atoms with Crippen LogP contribution in [-0.4, -0.2) is 36.9 Å². The minimum Gasteiger partial charge on any atom is -0.468 e. The molecule has 0 aliphatic heterocycles. The van der Waals surface area contributed by atoms with E-state index in [-0.39, 0.29) is 11.8 Å². The Morgan fingerprint density at radius 1 is 1.23 bits per heavy atom. The van der Waals surface area contributed by atoms with Crippen LogP contribution in [0.1, 0.15) is 46.5 Å². The third-order valence-electron chi connectivity index (χ3n) is 4.48. The van der Waals surface area contributed by atoms with Crippen molar-refractivity contribution in [2.45, 2.75) is 52.1 Å². The molecule has 0 aromatic carbocycles. The summed E-state index contributed by atoms with van der Waals surface area (Å²) < 4.78 is 9.71. The Labute approximate surface area is 132 Å². The fraction of sp³-hybridized carbons (Fsp3) is 0.765. The topological polar surface area (TPSA) is 72.8 Å². The van der Waals surface area contributed by atoms with Crippen LogP contribution in [0.2, 0.25) is 0 Å². The Morgan fingerprint density at radius 2 is 1.77 bits per heavy atom. The summed E-state index contributed by atoms with van der Waals surface area (Å²) in [6, 6.07) is 0. The average molecular weight is 312 g/mol. The van der Waals surface area contributed by atoms with Gasteiger partial charge in [0.15, 0.2) is 5.41 Å². The molecule has 126 valence electrons. The quantitative estimate of drug-likeness (QED) is 0.463. The second-order valence-corrected chi connectivity index (χ2v) is 6.75. The zero-order chi connectivity index (χ0) is 17.0. The van der Waals surface area contributed by atoms with Gasteiger partial charge in [0.2, 0.25) is 0 Å². The van der Waals surface area contributed by atoms with Crippen molar-refractivity contribution in [3.63, 3.8) is 0 Å². The molecule has 22 heavy (non-hydrogen) atoms. The van der Waals surface area contributed by atoms with Gasteiger partial charge in [-0.25, -0.2) is 0 Å². The fourth-order valence-corrected chi connectivity index (χ4v) is 3.26. The number of allylic oxidation sites excluding steroid dienone is 1. The zero-order valence-electron chi connectivity index (χ0n) is 14.2. The number of esters is 2. The molecule has 1 aliphatic carbocycles. The molecule has 1 fully saturated rings. The van der Waals surface area contributed by atoms with E-state index in [1.165, 1.54) is 14.2 Å². The molecule has 5 heteroatoms. The number of methoxy groups -OCH3 is 2. The molecule has 0 aromatic heterocycles. The molecule has 2 atom stereocenters. The summed E-state index contributed by atoms with van der Waals surface area (Å²) in [7, 11) is 2.59. The number of carbonyl (C=O) groups is 2. The summed E-state index contributed by atoms with van der Waals surface area (Å²) in [5.74, 6) is -0.714. The Hall–Kier alpha value is -1.36. The Morgan fingerprint density at radius 3 is 2.18 bits per heavy atom. The van der Waals surface area contributed by atoms with Crippen LogP contribution < -0.4 is 0 Å². The summed E-state index contributed by atoms with van der Waals surface area (Å²) in [6.07, 6.45) is 6.18. The van der Waals surface area contributed by atoms with Gasteiger partial charge in [0, 0.05) is 0 Å². The van der Waals surface area contributed by atoms with E-state index in [0.29, 0.717) is 19.3 Å². The van der Waals surface area contributed by atoms with Crippen molar-refractivity contribution in [3.8, 4) is 0 Å². The average Bonchev–Trinajstić information content (AvgIpc) is 2.84. The highest BCUT2D eigenvalue weighted by Crippen LogP contribution is 2.49. The largest absolute Gasteiger partial charge is 0.468 e. The van der Waals surface area contributed by atoms with Gasteiger partial charge in [-0.1, -0.05) is 25.5 Å². The van der Waals surface area contributed by atoms with Gasteiger partial charge in [-0.05, 0) is 44.9 Å². The van der Waals surface area contributed by atoms with Crippen molar-refractivity contribution in [2.24, 2.45) is 17.3 Å². The Kier molecular flexibility index (Phi) is 6.17. The predicted molar refractivity (Wildman–Crippen MR) is 83.0 cm³/mol. The molecular weight excluding hydrogens is 284 g/mol. The van der Waals surface area contributed by atoms with Crippen LogP contribution >= 0.6 is 0 Å². The summed E-state index contributed by atoms with van der Waals surface area (Å²) in [5.41, 5.74) is -1.97. The summed E-state index contributed by atoms with van der Waals surface area (Å²) in [4.78, 5) is 24.4. The van der Waals surface area contributed by atoms with Crippen LogP contribution in [0.15, 0.2) is 12.2 Å². The number of ether oxygens (including phenoxy) is 2. The van der Waals surface area contributed by atoms with Crippen LogP contribution in [0.3, 0.4) is 0 Å². The number of rotatable bonds is 6. The van der Waals surface area contributed by atoms with Crippen LogP contribution in [0, 0.1) is 17.3 Å². The highest BCUT2D eigenvalue weighted by atomic mass is 16.5. The molecule has 1 N–H and O–H groups in total. The van der Waals surface area contributed by atoms with E-state index < -0.39 is 23.0 Å². The minimum atomic E-state index is -1.20. The van der Waals surface area contributed by atoms with Gasteiger partial charge in [-0.3, -0.25) is 9.59 Å². The van der Waals surface area contributed by atoms with Crippen LogP contribution in [-0.2, 0) is 19.1 Å². The van der Waals surface area contributed by atoms with Crippen molar-refractivity contribution in [3.05, 3.63) is 12.2 Å². The summed E-state index contributed by atoms with van der Waals surface area (Å²) in [6.45, 7) is 5.54. The molecule has 0 aromatic rings. The molecule has 0 unspecified atom stereocenters. The zero-order valence-corrected chi connectivity index (χ0v) is 14.2. The third kappa shape index (κ3) is 4.09. The SMILES string of the molecule is CC[C@@H]1CC(C(=O)OC)(C(=O)OC)C[C@H]1/C=C/CC(C)(C)O. The molecular formula is C17H28O5. The first kappa shape index (κ1) is 18.7. The summed E-state index contributed by atoms with van der Waals surface area (Å²) >= 11 is 0. The van der Waals surface area contributed by atoms with Crippen LogP contribution in [0.4, 0.5) is 0 Å². The second-order valence-electron chi connectivity index (χ2n) is 6.75. The van der Waals surface area contributed by atoms with Crippen molar-refractivity contribution < 1.29 is 24.2 Å². The van der Waals surface area contributed by atoms with E-state index in [2.05, 4.69) is 0 Å². The lowest BCUT2D eigenvalue weighted by Crippen LogP contribution is -2.39. The van der Waals surface area contributed by atoms with Gasteiger partial charge < -0.3 is 14.6 Å². The molecule has 5 nitrogen and oxygen atoms in total. The van der Waals surface area contributed by atoms with Gasteiger partial charge >= 0.3 is 11.9 Å². The van der Waals surface area contributed by atoms with E-state index in [4.69, 9.17) is 9.47 Å². The van der Waals surface area contributed by atoms with E-state index >= 15 is 0 Å². The molecule has 0 heterocycles. The maximum Gasteiger partial charge on any atom is 0.323 e. The molecule has 0 spiro atoms. The molecule has 0 radical (unpaired) electrons. The first-order chi connectivity index (χ1) is 10.2. The molecule has 1 aliphatic rings. The van der Waals surface area contributed by atoms with E-state index in [9.17, 15) is 14.7 Å². The van der Waals surface area contributed by atoms with Crippen molar-refractivity contribution >= 4 is 11.9 Å².